The molecular weight excluding hydrogens is 504 g/mol. The second kappa shape index (κ2) is 11.6. The number of aromatic amines is 1. The SMILES string of the molecule is C=C(OC)c1ccc2c(C(=Nc3ccc(S(=O)(=O)NOCCN(C)C)cc3)c3ccccc3)c(O)[nH]c2c1. The van der Waals surface area contributed by atoms with Gasteiger partial charge in [-0.15, -0.1) is 0 Å². The molecule has 0 saturated carbocycles. The predicted octanol–water partition coefficient (Wildman–Crippen LogP) is 4.43. The first-order valence-corrected chi connectivity index (χ1v) is 13.3. The Kier molecular flexibility index (Phi) is 8.28. The Labute approximate surface area is 222 Å². The van der Waals surface area contributed by atoms with Crippen molar-refractivity contribution >= 4 is 38.1 Å². The highest BCUT2D eigenvalue weighted by Crippen LogP contribution is 2.33. The lowest BCUT2D eigenvalue weighted by atomic mass is 10.00. The zero-order valence-corrected chi connectivity index (χ0v) is 22.2. The normalized spacial score (nSPS) is 12.3. The first-order chi connectivity index (χ1) is 18.2. The van der Waals surface area contributed by atoms with Crippen LogP contribution >= 0.6 is 0 Å². The van der Waals surface area contributed by atoms with Gasteiger partial charge in [0.25, 0.3) is 10.0 Å². The summed E-state index contributed by atoms with van der Waals surface area (Å²) in [6.45, 7) is 4.67. The molecule has 0 fully saturated rings. The third-order valence-electron chi connectivity index (χ3n) is 5.83. The summed E-state index contributed by atoms with van der Waals surface area (Å²) >= 11 is 0. The van der Waals surface area contributed by atoms with E-state index in [-0.39, 0.29) is 17.4 Å². The van der Waals surface area contributed by atoms with Crippen molar-refractivity contribution in [3.05, 3.63) is 96.1 Å². The Hall–Kier alpha value is -3.96. The summed E-state index contributed by atoms with van der Waals surface area (Å²) in [5.41, 5.74) is 3.80. The van der Waals surface area contributed by atoms with Gasteiger partial charge in [0.1, 0.15) is 5.76 Å². The van der Waals surface area contributed by atoms with Crippen LogP contribution in [0.4, 0.5) is 5.69 Å². The van der Waals surface area contributed by atoms with E-state index in [1.165, 1.54) is 12.1 Å². The van der Waals surface area contributed by atoms with Gasteiger partial charge in [0.2, 0.25) is 0 Å². The summed E-state index contributed by atoms with van der Waals surface area (Å²) in [5, 5.41) is 11.7. The molecule has 0 radical (unpaired) electrons. The number of benzene rings is 3. The van der Waals surface area contributed by atoms with E-state index >= 15 is 0 Å². The summed E-state index contributed by atoms with van der Waals surface area (Å²) in [6.07, 6.45) is 0. The Bertz CT molecular complexity index is 1560. The van der Waals surface area contributed by atoms with Crippen molar-refractivity contribution in [3.8, 4) is 5.88 Å². The zero-order valence-electron chi connectivity index (χ0n) is 21.4. The minimum atomic E-state index is -3.85. The molecule has 3 aromatic carbocycles. The summed E-state index contributed by atoms with van der Waals surface area (Å²) in [5.74, 6) is 0.466. The average Bonchev–Trinajstić information content (AvgIpc) is 3.24. The summed E-state index contributed by atoms with van der Waals surface area (Å²) in [4.78, 5) is 17.0. The summed E-state index contributed by atoms with van der Waals surface area (Å²) < 4.78 is 30.4. The fourth-order valence-electron chi connectivity index (χ4n) is 3.80. The van der Waals surface area contributed by atoms with E-state index in [9.17, 15) is 13.5 Å². The monoisotopic (exact) mass is 534 g/mol. The van der Waals surface area contributed by atoms with Crippen LogP contribution in [0.2, 0.25) is 0 Å². The first kappa shape index (κ1) is 27.1. The topological polar surface area (TPSA) is 116 Å². The van der Waals surface area contributed by atoms with Crippen molar-refractivity contribution in [1.82, 2.24) is 14.8 Å². The molecule has 0 aliphatic heterocycles. The lowest BCUT2D eigenvalue weighted by Crippen LogP contribution is -2.28. The number of nitrogens with zero attached hydrogens (tertiary/aromatic N) is 2. The molecule has 0 unspecified atom stereocenters. The number of aliphatic imine (C=N–C) groups is 1. The number of sulfonamides is 1. The van der Waals surface area contributed by atoms with E-state index in [0.717, 1.165) is 16.5 Å². The first-order valence-electron chi connectivity index (χ1n) is 11.8. The highest BCUT2D eigenvalue weighted by atomic mass is 32.2. The number of likely N-dealkylation sites (N-methyl/N-ethyl adjacent to an activating group) is 1. The van der Waals surface area contributed by atoms with Crippen molar-refractivity contribution in [3.63, 3.8) is 0 Å². The molecule has 0 amide bonds. The molecule has 198 valence electrons. The Morgan fingerprint density at radius 2 is 1.76 bits per heavy atom. The van der Waals surface area contributed by atoms with Gasteiger partial charge in [0, 0.05) is 28.6 Å². The molecule has 4 aromatic rings. The number of rotatable bonds is 11. The van der Waals surface area contributed by atoms with E-state index in [1.54, 1.807) is 19.2 Å². The van der Waals surface area contributed by atoms with Gasteiger partial charge in [-0.1, -0.05) is 53.9 Å². The lowest BCUT2D eigenvalue weighted by Gasteiger charge is -2.11. The molecule has 0 aliphatic rings. The minimum Gasteiger partial charge on any atom is -0.497 e. The third-order valence-corrected chi connectivity index (χ3v) is 7.06. The van der Waals surface area contributed by atoms with Crippen molar-refractivity contribution < 1.29 is 23.1 Å². The largest absolute Gasteiger partial charge is 0.497 e. The van der Waals surface area contributed by atoms with E-state index < -0.39 is 10.0 Å². The van der Waals surface area contributed by atoms with Crippen LogP contribution in [0.15, 0.2) is 89.3 Å². The van der Waals surface area contributed by atoms with E-state index in [1.807, 2.05) is 67.5 Å². The Morgan fingerprint density at radius 3 is 2.42 bits per heavy atom. The van der Waals surface area contributed by atoms with Crippen LogP contribution in [0.1, 0.15) is 16.7 Å². The highest BCUT2D eigenvalue weighted by Gasteiger charge is 2.20. The van der Waals surface area contributed by atoms with Crippen LogP contribution in [-0.4, -0.2) is 63.5 Å². The zero-order chi connectivity index (χ0) is 27.3. The van der Waals surface area contributed by atoms with Gasteiger partial charge in [-0.2, -0.15) is 0 Å². The van der Waals surface area contributed by atoms with Gasteiger partial charge in [-0.3, -0.25) is 4.84 Å². The molecule has 1 aromatic heterocycles. The van der Waals surface area contributed by atoms with Gasteiger partial charge in [-0.25, -0.2) is 13.4 Å². The van der Waals surface area contributed by atoms with Crippen LogP contribution in [0.25, 0.3) is 16.7 Å². The molecule has 0 spiro atoms. The van der Waals surface area contributed by atoms with Crippen LogP contribution in [0.5, 0.6) is 5.88 Å². The van der Waals surface area contributed by atoms with Gasteiger partial charge in [0.05, 0.1) is 35.6 Å². The van der Waals surface area contributed by atoms with Crippen molar-refractivity contribution in [2.75, 3.05) is 34.4 Å². The number of hydrogen-bond acceptors (Lipinski definition) is 7. The summed E-state index contributed by atoms with van der Waals surface area (Å²) in [6, 6.07) is 21.1. The van der Waals surface area contributed by atoms with Crippen LogP contribution in [0, 0.1) is 0 Å². The van der Waals surface area contributed by atoms with Gasteiger partial charge in [-0.05, 0) is 44.4 Å². The van der Waals surface area contributed by atoms with Crippen LogP contribution in [0.3, 0.4) is 0 Å². The van der Waals surface area contributed by atoms with Crippen LogP contribution < -0.4 is 4.89 Å². The van der Waals surface area contributed by atoms with Crippen molar-refractivity contribution in [2.45, 2.75) is 4.90 Å². The van der Waals surface area contributed by atoms with Crippen molar-refractivity contribution in [1.29, 1.82) is 0 Å². The number of ether oxygens (including phenoxy) is 1. The molecule has 10 heteroatoms. The maximum Gasteiger partial charge on any atom is 0.262 e. The maximum atomic E-state index is 12.6. The number of nitrogens with one attached hydrogen (secondary N) is 2. The number of H-pyrrole nitrogens is 1. The van der Waals surface area contributed by atoms with E-state index in [0.29, 0.717) is 34.8 Å². The van der Waals surface area contributed by atoms with Crippen molar-refractivity contribution in [2.24, 2.45) is 4.99 Å². The molecule has 4 rings (SSSR count). The van der Waals surface area contributed by atoms with E-state index in [4.69, 9.17) is 14.6 Å². The van der Waals surface area contributed by atoms with Gasteiger partial charge < -0.3 is 19.7 Å². The maximum absolute atomic E-state index is 12.6. The Morgan fingerprint density at radius 1 is 1.05 bits per heavy atom. The fourth-order valence-corrected chi connectivity index (χ4v) is 4.63. The second-order valence-electron chi connectivity index (χ2n) is 8.80. The molecular formula is C28H30N4O5S. The molecule has 1 heterocycles. The van der Waals surface area contributed by atoms with E-state index in [2.05, 4.69) is 16.4 Å². The molecule has 0 bridgehead atoms. The van der Waals surface area contributed by atoms with Gasteiger partial charge in [0.15, 0.2) is 5.88 Å². The smallest absolute Gasteiger partial charge is 0.262 e. The number of hydrogen-bond donors (Lipinski definition) is 3. The van der Waals surface area contributed by atoms with Crippen LogP contribution in [-0.2, 0) is 19.6 Å². The summed E-state index contributed by atoms with van der Waals surface area (Å²) in [7, 11) is 1.44. The predicted molar refractivity (Wildman–Crippen MR) is 149 cm³/mol. The quantitative estimate of drug-likeness (QED) is 0.113. The average molecular weight is 535 g/mol. The molecule has 0 saturated heterocycles. The minimum absolute atomic E-state index is 0.0407. The highest BCUT2D eigenvalue weighted by molar-refractivity contribution is 7.89. The third kappa shape index (κ3) is 6.12. The molecule has 0 aliphatic carbocycles. The number of fused-ring (bicyclic) bond motifs is 1. The standard InChI is InChI=1S/C28H30N4O5S/c1-19(36-4)21-10-15-24-25(18-21)30-28(33)26(24)27(20-8-6-5-7-9-20)29-22-11-13-23(14-12-22)38(34,35)31-37-17-16-32(2)3/h5-15,18,30-31,33H,1,16-17H2,2-4H3. The lowest BCUT2D eigenvalue weighted by molar-refractivity contribution is 0.0804. The fraction of sp³-hybridized carbons (Fsp3) is 0.179. The molecule has 9 nitrogen and oxygen atoms in total. The van der Waals surface area contributed by atoms with Gasteiger partial charge >= 0.3 is 0 Å². The number of methoxy groups -OCH3 is 1. The second-order valence-corrected chi connectivity index (χ2v) is 10.4. The number of aromatic nitrogens is 1. The molecule has 0 atom stereocenters. The molecule has 3 N–H and O–H groups in total. The molecule has 38 heavy (non-hydrogen) atoms. The Balaban J connectivity index is 1.71. The number of aromatic hydroxyl groups is 1.